The zero-order chi connectivity index (χ0) is 73.7. The van der Waals surface area contributed by atoms with Crippen LogP contribution in [0.4, 0.5) is 5.69 Å². The number of nitrogens with one attached hydrogen (secondary N) is 12. The molecule has 1 aromatic rings. The van der Waals surface area contributed by atoms with Crippen LogP contribution in [-0.4, -0.2) is 288 Å². The number of anilines is 1. The fourth-order valence-corrected chi connectivity index (χ4v) is 11.1. The van der Waals surface area contributed by atoms with Crippen molar-refractivity contribution in [2.75, 3.05) is 50.9 Å². The molecule has 13 amide bonds. The zero-order valence-corrected chi connectivity index (χ0v) is 53.9. The van der Waals surface area contributed by atoms with Crippen LogP contribution in [-0.2, 0) is 73.5 Å². The summed E-state index contributed by atoms with van der Waals surface area (Å²) < 4.78 is 0. The van der Waals surface area contributed by atoms with Crippen molar-refractivity contribution in [2.45, 2.75) is 181 Å². The van der Waals surface area contributed by atoms with E-state index >= 15 is 0 Å². The molecule has 4 heterocycles. The fourth-order valence-electron chi connectivity index (χ4n) is 11.1. The van der Waals surface area contributed by atoms with Gasteiger partial charge in [-0.05, 0) is 89.9 Å². The molecule has 5 rings (SSSR count). The topological polar surface area (TPSA) is 683 Å². The number of aliphatic hydroxyl groups excluding tert-OH is 6. The maximum atomic E-state index is 14.2. The summed E-state index contributed by atoms with van der Waals surface area (Å²) in [6.45, 7) is -1.53. The number of hydrogen-bond donors (Lipinski definition) is 25. The number of piperidine rings is 1. The van der Waals surface area contributed by atoms with E-state index in [1.54, 1.807) is 0 Å². The number of fused-ring (bicyclic) bond motifs is 3. The van der Waals surface area contributed by atoms with Gasteiger partial charge in [0.2, 0.25) is 70.9 Å². The second kappa shape index (κ2) is 37.3. The number of hydrogen-bond acceptors (Lipinski definition) is 28. The Morgan fingerprint density at radius 1 is 0.646 bits per heavy atom. The molecule has 42 nitrogen and oxygen atoms in total. The molecule has 0 spiro atoms. The number of phenolic OH excluding ortho intramolecular Hbond substituents is 2. The summed E-state index contributed by atoms with van der Waals surface area (Å²) in [5, 5.41) is 133. The van der Waals surface area contributed by atoms with Crippen molar-refractivity contribution in [1.82, 2.24) is 68.9 Å². The smallest absolute Gasteiger partial charge is 0.335 e. The van der Waals surface area contributed by atoms with Crippen molar-refractivity contribution < 1.29 is 118 Å². The summed E-state index contributed by atoms with van der Waals surface area (Å²) in [5.41, 5.74) is 16.9. The van der Waals surface area contributed by atoms with Gasteiger partial charge in [-0.3, -0.25) is 77.8 Å². The molecule has 16 unspecified atom stereocenters. The third kappa shape index (κ3) is 22.2. The van der Waals surface area contributed by atoms with Gasteiger partial charge in [-0.15, -0.1) is 0 Å². The summed E-state index contributed by atoms with van der Waals surface area (Å²) in [6.07, 6.45) is -8.72. The van der Waals surface area contributed by atoms with Gasteiger partial charge in [0, 0.05) is 44.1 Å². The normalized spacial score (nSPS) is 21.4. The summed E-state index contributed by atoms with van der Waals surface area (Å²) in [7, 11) is 0. The second-order valence-corrected chi connectivity index (χ2v) is 23.9. The first kappa shape index (κ1) is 80.0. The van der Waals surface area contributed by atoms with Crippen LogP contribution in [0.1, 0.15) is 83.6 Å². The number of aromatic hydroxyl groups is 2. The van der Waals surface area contributed by atoms with Gasteiger partial charge in [0.1, 0.15) is 72.4 Å². The number of carbonyl (C=O) groups excluding carboxylic acids is 13. The molecule has 42 heteroatoms. The van der Waals surface area contributed by atoms with E-state index in [1.165, 1.54) is 17.0 Å². The number of nitrogens with two attached hydrogens (primary N) is 3. The van der Waals surface area contributed by atoms with Gasteiger partial charge in [0.05, 0.1) is 44.1 Å². The number of phenols is 2. The van der Waals surface area contributed by atoms with Crippen molar-refractivity contribution in [2.24, 2.45) is 22.2 Å². The second-order valence-electron chi connectivity index (χ2n) is 23.9. The highest BCUT2D eigenvalue weighted by Gasteiger charge is 2.46. The summed E-state index contributed by atoms with van der Waals surface area (Å²) in [4.78, 5) is 191. The molecule has 0 aromatic heterocycles. The SMILES string of the molecule is CC(O)C(NC(=O)C(CO)NC(=O)C1CCNC2C(NC(=O)CCC(N)=O)Cc3cc(O)c(O)cc3N12)C(=O)NC(CO)C(=O)NC(CCCN)C(=O)NC(C(=O)NC(CCC(N)=O)C1=NCCC(C(=O)NC(CO)C(=O)NC(C(=O)NC2CCCN(O)C2=O)C(C)O)N1)C(O)C(=O)O. The molecule has 2 saturated heterocycles. The first-order chi connectivity index (χ1) is 46.7. The Morgan fingerprint density at radius 3 is 1.78 bits per heavy atom. The van der Waals surface area contributed by atoms with E-state index in [-0.39, 0.29) is 82.6 Å². The number of hydroxylamine groups is 2. The van der Waals surface area contributed by atoms with Crippen LogP contribution in [0.3, 0.4) is 0 Å². The van der Waals surface area contributed by atoms with Gasteiger partial charge in [-0.25, -0.2) is 9.86 Å². The number of primary amides is 2. The maximum Gasteiger partial charge on any atom is 0.335 e. The molecule has 1 aromatic carbocycles. The zero-order valence-electron chi connectivity index (χ0n) is 53.9. The Labute approximate surface area is 563 Å². The number of benzene rings is 1. The van der Waals surface area contributed by atoms with Gasteiger partial charge in [-0.2, -0.15) is 0 Å². The van der Waals surface area contributed by atoms with Crippen molar-refractivity contribution in [3.8, 4) is 11.5 Å². The molecule has 0 bridgehead atoms. The number of carboxylic acid groups (broad SMARTS) is 1. The Hall–Kier alpha value is -9.69. The number of carboxylic acids is 1. The molecule has 4 aliphatic heterocycles. The minimum Gasteiger partial charge on any atom is -0.504 e. The van der Waals surface area contributed by atoms with Crippen LogP contribution in [0.2, 0.25) is 0 Å². The van der Waals surface area contributed by atoms with Crippen LogP contribution in [0.15, 0.2) is 17.1 Å². The standard InChI is InChI=1S/C57H88N18O24/c1-23(79)41(53(93)67-29-6-4-16-74(99)56(29)96)71-50(90)32(21-77)68-47(87)28-11-14-61-45(64-28)26(7-8-38(59)83)65-55(95)43(44(86)57(97)98)73-48(88)27(5-3-13-58)66-49(89)31(20-76)70-54(94)42(24(2)80)72-51(91)33(22-78)69-52(92)34-12-15-62-46-30(63-40(85)10-9-39(60)84)17-25-18-36(81)37(82)19-35(25)75(34)46/h18-19,23-24,26-34,41-44,46,62,76-82,86,99H,3-17,20-22,58H2,1-2H3,(H2,59,83)(H2,60,84)(H,61,64)(H,63,85)(H,65,95)(H,66,89)(H,67,93)(H,68,87)(H,69,92)(H,70,94)(H,71,90)(H,72,91)(H,73,88)(H,97,98). The number of aliphatic imine (C=N–C) groups is 1. The van der Waals surface area contributed by atoms with Crippen molar-refractivity contribution in [3.05, 3.63) is 17.7 Å². The van der Waals surface area contributed by atoms with Crippen molar-refractivity contribution >= 4 is 94.3 Å². The molecular weight excluding hydrogens is 1320 g/mol. The Morgan fingerprint density at radius 2 is 1.19 bits per heavy atom. The lowest BCUT2D eigenvalue weighted by Crippen LogP contribution is -2.70. The van der Waals surface area contributed by atoms with E-state index in [2.05, 4.69) is 63.5 Å². The van der Waals surface area contributed by atoms with E-state index in [1.807, 2.05) is 5.32 Å². The summed E-state index contributed by atoms with van der Waals surface area (Å²) in [6, 6.07) is -17.5. The number of rotatable bonds is 36. The van der Waals surface area contributed by atoms with Gasteiger partial charge >= 0.3 is 5.97 Å². The van der Waals surface area contributed by atoms with Crippen LogP contribution in [0, 0.1) is 0 Å². The average Bonchev–Trinajstić information content (AvgIpc) is 0.748. The third-order valence-electron chi connectivity index (χ3n) is 16.4. The van der Waals surface area contributed by atoms with Crippen LogP contribution >= 0.6 is 0 Å². The van der Waals surface area contributed by atoms with Gasteiger partial charge in [-0.1, -0.05) is 0 Å². The average molecular weight is 1410 g/mol. The highest BCUT2D eigenvalue weighted by Crippen LogP contribution is 2.40. The molecule has 2 fully saturated rings. The van der Waals surface area contributed by atoms with Gasteiger partial charge in [0.15, 0.2) is 17.6 Å². The number of aliphatic carboxylic acids is 1. The molecule has 4 aliphatic rings. The van der Waals surface area contributed by atoms with Crippen LogP contribution < -0.4 is 85.9 Å². The number of carbonyl (C=O) groups is 14. The molecule has 28 N–H and O–H groups in total. The van der Waals surface area contributed by atoms with Crippen LogP contribution in [0.25, 0.3) is 0 Å². The lowest BCUT2D eigenvalue weighted by atomic mass is 9.90. The van der Waals surface area contributed by atoms with Gasteiger partial charge in [0.25, 0.3) is 5.91 Å². The third-order valence-corrected chi connectivity index (χ3v) is 16.4. The maximum absolute atomic E-state index is 14.2. The lowest BCUT2D eigenvalue weighted by molar-refractivity contribution is -0.173. The van der Waals surface area contributed by atoms with E-state index in [4.69, 9.17) is 17.2 Å². The minimum atomic E-state index is -2.78. The minimum absolute atomic E-state index is 0.00456. The quantitative estimate of drug-likeness (QED) is 0.0219. The Balaban J connectivity index is 1.25. The fraction of sp³-hybridized carbons (Fsp3) is 0.632. The molecule has 0 saturated carbocycles. The Bertz CT molecular complexity index is 3180. The predicted octanol–water partition coefficient (Wildman–Crippen LogP) is -12.8. The number of amides is 13. The highest BCUT2D eigenvalue weighted by atomic mass is 16.5. The van der Waals surface area contributed by atoms with Gasteiger partial charge < -0.3 is 127 Å². The predicted molar refractivity (Wildman–Crippen MR) is 335 cm³/mol. The first-order valence-corrected chi connectivity index (χ1v) is 31.5. The van der Waals surface area contributed by atoms with Crippen molar-refractivity contribution in [1.29, 1.82) is 0 Å². The number of amidine groups is 1. The van der Waals surface area contributed by atoms with E-state index < -0.39 is 230 Å². The summed E-state index contributed by atoms with van der Waals surface area (Å²) >= 11 is 0. The molecule has 16 atom stereocenters. The highest BCUT2D eigenvalue weighted by molar-refractivity contribution is 6.02. The molecule has 99 heavy (non-hydrogen) atoms. The van der Waals surface area contributed by atoms with Crippen molar-refractivity contribution in [3.63, 3.8) is 0 Å². The molecule has 550 valence electrons. The Kier molecular flexibility index (Phi) is 30.2. The van der Waals surface area contributed by atoms with E-state index in [9.17, 15) is 118 Å². The lowest BCUT2D eigenvalue weighted by Gasteiger charge is -2.50. The van der Waals surface area contributed by atoms with E-state index in [0.717, 1.165) is 13.8 Å². The largest absolute Gasteiger partial charge is 0.504 e. The summed E-state index contributed by atoms with van der Waals surface area (Å²) in [5.74, 6) is -17.5. The molecule has 0 aliphatic carbocycles. The molecular formula is C57H88N18O24. The first-order valence-electron chi connectivity index (χ1n) is 31.5. The van der Waals surface area contributed by atoms with Crippen LogP contribution in [0.5, 0.6) is 11.5 Å². The van der Waals surface area contributed by atoms with E-state index in [0.29, 0.717) is 17.0 Å². The number of nitrogens with zero attached hydrogens (tertiary/aromatic N) is 3. The number of aliphatic hydroxyl groups is 6. The molecule has 0 radical (unpaired) electrons. The monoisotopic (exact) mass is 1410 g/mol.